The van der Waals surface area contributed by atoms with Crippen LogP contribution in [0.3, 0.4) is 0 Å². The van der Waals surface area contributed by atoms with E-state index in [4.69, 9.17) is 11.6 Å². The third-order valence-electron chi connectivity index (χ3n) is 4.07. The first kappa shape index (κ1) is 18.7. The number of aromatic nitrogens is 1. The molecule has 0 unspecified atom stereocenters. The Bertz CT molecular complexity index is 875. The van der Waals surface area contributed by atoms with Crippen molar-refractivity contribution in [3.8, 4) is 0 Å². The fourth-order valence-electron chi connectivity index (χ4n) is 2.56. The third-order valence-corrected chi connectivity index (χ3v) is 5.37. The van der Waals surface area contributed by atoms with Crippen LogP contribution in [-0.2, 0) is 4.79 Å². The van der Waals surface area contributed by atoms with Gasteiger partial charge in [0.25, 0.3) is 5.91 Å². The van der Waals surface area contributed by atoms with Crippen LogP contribution >= 0.6 is 23.4 Å². The molecule has 1 aromatic carbocycles. The number of hydrogen-bond donors (Lipinski definition) is 0. The van der Waals surface area contributed by atoms with Crippen molar-refractivity contribution in [2.45, 2.75) is 26.7 Å². The first-order valence-electron chi connectivity index (χ1n) is 8.49. The summed E-state index contributed by atoms with van der Waals surface area (Å²) >= 11 is 7.51. The molecule has 1 saturated heterocycles. The molecule has 1 fully saturated rings. The van der Waals surface area contributed by atoms with Crippen molar-refractivity contribution in [1.82, 2.24) is 9.88 Å². The van der Waals surface area contributed by atoms with Gasteiger partial charge in [-0.25, -0.2) is 4.99 Å². The number of nitrogens with zero attached hydrogens (tertiary/aromatic N) is 3. The molecule has 0 atom stereocenters. The van der Waals surface area contributed by atoms with Crippen LogP contribution in [0.2, 0.25) is 5.02 Å². The molecule has 0 aliphatic carbocycles. The number of pyridine rings is 1. The molecule has 0 bridgehead atoms. The minimum Gasteiger partial charge on any atom is -0.287 e. The number of hydrogen-bond acceptors (Lipinski definition) is 4. The summed E-state index contributed by atoms with van der Waals surface area (Å²) in [7, 11) is 0. The van der Waals surface area contributed by atoms with Gasteiger partial charge >= 0.3 is 0 Å². The van der Waals surface area contributed by atoms with Crippen LogP contribution in [0.1, 0.15) is 37.8 Å². The summed E-state index contributed by atoms with van der Waals surface area (Å²) in [5.74, 6) is 0.452. The zero-order chi connectivity index (χ0) is 18.7. The first-order valence-corrected chi connectivity index (χ1v) is 9.68. The van der Waals surface area contributed by atoms with Gasteiger partial charge in [-0.15, -0.1) is 0 Å². The van der Waals surface area contributed by atoms with Gasteiger partial charge in [0.1, 0.15) is 0 Å². The summed E-state index contributed by atoms with van der Waals surface area (Å²) in [6.07, 6.45) is 5.10. The maximum atomic E-state index is 12.7. The highest BCUT2D eigenvalue weighted by Gasteiger charge is 2.32. The van der Waals surface area contributed by atoms with Crippen LogP contribution in [-0.4, -0.2) is 27.5 Å². The van der Waals surface area contributed by atoms with Gasteiger partial charge < -0.3 is 0 Å². The predicted molar refractivity (Wildman–Crippen MR) is 110 cm³/mol. The minimum absolute atomic E-state index is 0.0330. The topological polar surface area (TPSA) is 45.6 Å². The van der Waals surface area contributed by atoms with Crippen LogP contribution in [0.4, 0.5) is 5.69 Å². The van der Waals surface area contributed by atoms with Gasteiger partial charge in [0.2, 0.25) is 0 Å². The van der Waals surface area contributed by atoms with E-state index in [1.807, 2.05) is 25.1 Å². The van der Waals surface area contributed by atoms with Crippen molar-refractivity contribution >= 4 is 46.2 Å². The monoisotopic (exact) mass is 385 g/mol. The smallest absolute Gasteiger partial charge is 0.266 e. The number of aliphatic imine (C=N–C) groups is 1. The molecule has 6 heteroatoms. The highest BCUT2D eigenvalue weighted by molar-refractivity contribution is 8.18. The van der Waals surface area contributed by atoms with Gasteiger partial charge in [-0.05, 0) is 47.9 Å². The van der Waals surface area contributed by atoms with Gasteiger partial charge in [-0.2, -0.15) is 0 Å². The Hall–Kier alpha value is -2.11. The first-order chi connectivity index (χ1) is 12.5. The van der Waals surface area contributed by atoms with Crippen molar-refractivity contribution in [2.75, 3.05) is 6.54 Å². The molecule has 0 saturated carbocycles. The third kappa shape index (κ3) is 4.00. The highest BCUT2D eigenvalue weighted by Crippen LogP contribution is 2.35. The number of benzene rings is 1. The lowest BCUT2D eigenvalue weighted by molar-refractivity contribution is -0.122. The average Bonchev–Trinajstić information content (AvgIpc) is 2.92. The summed E-state index contributed by atoms with van der Waals surface area (Å²) in [5.41, 5.74) is 2.89. The van der Waals surface area contributed by atoms with E-state index >= 15 is 0 Å². The minimum atomic E-state index is -0.0330. The van der Waals surface area contributed by atoms with E-state index in [2.05, 4.69) is 36.0 Å². The number of thioether (sulfide) groups is 1. The van der Waals surface area contributed by atoms with Gasteiger partial charge in [0.15, 0.2) is 5.17 Å². The van der Waals surface area contributed by atoms with Crippen molar-refractivity contribution < 1.29 is 4.79 Å². The van der Waals surface area contributed by atoms with E-state index < -0.39 is 0 Å². The number of rotatable bonds is 4. The zero-order valence-corrected chi connectivity index (χ0v) is 16.5. The SMILES string of the molecule is CCN1C(=O)/C(=C/c2ccc(C(C)C)cc2)SC1=Nc1ccncc1Cl. The molecule has 2 heterocycles. The molecule has 0 radical (unpaired) electrons. The maximum absolute atomic E-state index is 12.7. The van der Waals surface area contributed by atoms with Gasteiger partial charge in [0, 0.05) is 18.9 Å². The molecule has 1 aromatic heterocycles. The predicted octanol–water partition coefficient (Wildman–Crippen LogP) is 5.48. The molecule has 26 heavy (non-hydrogen) atoms. The second-order valence-corrected chi connectivity index (χ2v) is 7.62. The number of carbonyl (C=O) groups is 1. The number of halogens is 1. The highest BCUT2D eigenvalue weighted by atomic mass is 35.5. The molecule has 2 aromatic rings. The molecule has 1 aliphatic heterocycles. The molecule has 134 valence electrons. The van der Waals surface area contributed by atoms with Gasteiger partial charge in [-0.3, -0.25) is 14.7 Å². The number of amides is 1. The Morgan fingerprint density at radius 1 is 1.27 bits per heavy atom. The summed E-state index contributed by atoms with van der Waals surface area (Å²) < 4.78 is 0. The van der Waals surface area contributed by atoms with E-state index in [9.17, 15) is 4.79 Å². The van der Waals surface area contributed by atoms with E-state index in [1.54, 1.807) is 23.4 Å². The van der Waals surface area contributed by atoms with Crippen LogP contribution in [0.15, 0.2) is 52.6 Å². The van der Waals surface area contributed by atoms with E-state index in [0.717, 1.165) is 5.56 Å². The normalized spacial score (nSPS) is 17.7. The molecule has 0 N–H and O–H groups in total. The summed E-state index contributed by atoms with van der Waals surface area (Å²) in [4.78, 5) is 23.6. The maximum Gasteiger partial charge on any atom is 0.266 e. The standard InChI is InChI=1S/C20H20ClN3OS/c1-4-24-19(25)18(11-14-5-7-15(8-6-14)13(2)3)26-20(24)23-17-9-10-22-12-16(17)21/h5-13H,4H2,1-3H3/b18-11-,23-20?. The van der Waals surface area contributed by atoms with Gasteiger partial charge in [-0.1, -0.05) is 49.7 Å². The second-order valence-electron chi connectivity index (χ2n) is 6.20. The molecule has 4 nitrogen and oxygen atoms in total. The Balaban J connectivity index is 1.90. The van der Waals surface area contributed by atoms with E-state index in [0.29, 0.717) is 33.2 Å². The average molecular weight is 386 g/mol. The Labute approximate surface area is 163 Å². The van der Waals surface area contributed by atoms with Crippen molar-refractivity contribution in [3.63, 3.8) is 0 Å². The summed E-state index contributed by atoms with van der Waals surface area (Å²) in [6.45, 7) is 6.81. The van der Waals surface area contributed by atoms with E-state index in [1.165, 1.54) is 17.3 Å². The molecule has 1 aliphatic rings. The molecular formula is C20H20ClN3OS. The Morgan fingerprint density at radius 2 is 2.00 bits per heavy atom. The Kier molecular flexibility index (Phi) is 5.79. The molecule has 3 rings (SSSR count). The number of carbonyl (C=O) groups excluding carboxylic acids is 1. The Morgan fingerprint density at radius 3 is 2.62 bits per heavy atom. The van der Waals surface area contributed by atoms with Crippen molar-refractivity contribution in [2.24, 2.45) is 4.99 Å². The lowest BCUT2D eigenvalue weighted by Crippen LogP contribution is -2.28. The van der Waals surface area contributed by atoms with Crippen molar-refractivity contribution in [1.29, 1.82) is 0 Å². The summed E-state index contributed by atoms with van der Waals surface area (Å²) in [5, 5.41) is 1.10. The van der Waals surface area contributed by atoms with E-state index in [-0.39, 0.29) is 5.91 Å². The summed E-state index contributed by atoms with van der Waals surface area (Å²) in [6, 6.07) is 10.0. The lowest BCUT2D eigenvalue weighted by Gasteiger charge is -2.12. The van der Waals surface area contributed by atoms with Crippen LogP contribution < -0.4 is 0 Å². The fourth-order valence-corrected chi connectivity index (χ4v) is 3.78. The zero-order valence-electron chi connectivity index (χ0n) is 14.9. The van der Waals surface area contributed by atoms with Gasteiger partial charge in [0.05, 0.1) is 15.6 Å². The fraction of sp³-hybridized carbons (Fsp3) is 0.250. The van der Waals surface area contributed by atoms with Crippen LogP contribution in [0.5, 0.6) is 0 Å². The van der Waals surface area contributed by atoms with Crippen LogP contribution in [0.25, 0.3) is 6.08 Å². The lowest BCUT2D eigenvalue weighted by atomic mass is 10.0. The number of likely N-dealkylation sites (N-methyl/N-ethyl adjacent to an activating group) is 1. The van der Waals surface area contributed by atoms with Crippen molar-refractivity contribution in [3.05, 3.63) is 63.8 Å². The largest absolute Gasteiger partial charge is 0.287 e. The molecule has 1 amide bonds. The molecule has 0 spiro atoms. The second kappa shape index (κ2) is 8.06. The quantitative estimate of drug-likeness (QED) is 0.654. The molecular weight excluding hydrogens is 366 g/mol. The van der Waals surface area contributed by atoms with Crippen LogP contribution in [0, 0.1) is 0 Å². The number of amidine groups is 1.